The van der Waals surface area contributed by atoms with E-state index in [0.29, 0.717) is 11.3 Å². The van der Waals surface area contributed by atoms with Crippen LogP contribution in [0.2, 0.25) is 0 Å². The summed E-state index contributed by atoms with van der Waals surface area (Å²) < 4.78 is 4.94. The predicted molar refractivity (Wildman–Crippen MR) is 101 cm³/mol. The highest BCUT2D eigenvalue weighted by Gasteiger charge is 2.16. The van der Waals surface area contributed by atoms with E-state index in [-0.39, 0.29) is 23.6 Å². The van der Waals surface area contributed by atoms with Crippen molar-refractivity contribution in [2.75, 3.05) is 17.2 Å². The number of hydrogen-bond acceptors (Lipinski definition) is 5. The SMILES string of the molecule is CCOC(=O)c1ccccc1NC(=O)CC(=O)Nc1ccc(C(C)=O)cc1. The third kappa shape index (κ3) is 5.78. The van der Waals surface area contributed by atoms with E-state index < -0.39 is 24.2 Å². The van der Waals surface area contributed by atoms with Crippen molar-refractivity contribution in [2.45, 2.75) is 20.3 Å². The molecule has 2 rings (SSSR count). The number of ether oxygens (including phenoxy) is 1. The van der Waals surface area contributed by atoms with Crippen LogP contribution in [0.15, 0.2) is 48.5 Å². The number of esters is 1. The second kappa shape index (κ2) is 9.28. The van der Waals surface area contributed by atoms with E-state index in [2.05, 4.69) is 10.6 Å². The van der Waals surface area contributed by atoms with Crippen LogP contribution in [0.25, 0.3) is 0 Å². The van der Waals surface area contributed by atoms with Crippen LogP contribution in [0.1, 0.15) is 41.0 Å². The van der Waals surface area contributed by atoms with Crippen LogP contribution in [0, 0.1) is 0 Å². The van der Waals surface area contributed by atoms with E-state index >= 15 is 0 Å². The maximum atomic E-state index is 12.1. The Bertz CT molecular complexity index is 859. The largest absolute Gasteiger partial charge is 0.462 e. The lowest BCUT2D eigenvalue weighted by molar-refractivity contribution is -0.123. The Labute approximate surface area is 156 Å². The van der Waals surface area contributed by atoms with Gasteiger partial charge in [-0.1, -0.05) is 12.1 Å². The highest BCUT2D eigenvalue weighted by Crippen LogP contribution is 2.17. The molecule has 0 saturated carbocycles. The van der Waals surface area contributed by atoms with E-state index in [4.69, 9.17) is 4.74 Å². The number of amides is 2. The van der Waals surface area contributed by atoms with Crippen molar-refractivity contribution in [3.8, 4) is 0 Å². The van der Waals surface area contributed by atoms with E-state index in [1.165, 1.54) is 13.0 Å². The Kier molecular flexibility index (Phi) is 6.82. The summed E-state index contributed by atoms with van der Waals surface area (Å²) in [6.07, 6.45) is -0.425. The third-order valence-corrected chi connectivity index (χ3v) is 3.59. The molecule has 0 atom stereocenters. The van der Waals surface area contributed by atoms with Crippen molar-refractivity contribution < 1.29 is 23.9 Å². The molecule has 0 aliphatic heterocycles. The normalized spacial score (nSPS) is 10.0. The molecule has 0 unspecified atom stereocenters. The third-order valence-electron chi connectivity index (χ3n) is 3.59. The van der Waals surface area contributed by atoms with Gasteiger partial charge in [-0.3, -0.25) is 14.4 Å². The second-order valence-electron chi connectivity index (χ2n) is 5.67. The standard InChI is InChI=1S/C20H20N2O5/c1-3-27-20(26)16-6-4-5-7-17(16)22-19(25)12-18(24)21-15-10-8-14(9-11-15)13(2)23/h4-11H,3,12H2,1-2H3,(H,21,24)(H,22,25). The highest BCUT2D eigenvalue weighted by atomic mass is 16.5. The van der Waals surface area contributed by atoms with Gasteiger partial charge < -0.3 is 15.4 Å². The van der Waals surface area contributed by atoms with Crippen molar-refractivity contribution in [2.24, 2.45) is 0 Å². The van der Waals surface area contributed by atoms with E-state index in [0.717, 1.165) is 0 Å². The van der Waals surface area contributed by atoms with Crippen molar-refractivity contribution in [3.63, 3.8) is 0 Å². The van der Waals surface area contributed by atoms with Crippen LogP contribution >= 0.6 is 0 Å². The first-order valence-electron chi connectivity index (χ1n) is 8.37. The number of benzene rings is 2. The fourth-order valence-electron chi connectivity index (χ4n) is 2.31. The Morgan fingerprint density at radius 3 is 2.15 bits per heavy atom. The number of carbonyl (C=O) groups excluding carboxylic acids is 4. The van der Waals surface area contributed by atoms with Gasteiger partial charge in [0, 0.05) is 11.3 Å². The van der Waals surface area contributed by atoms with Crippen molar-refractivity contribution in [1.82, 2.24) is 0 Å². The zero-order chi connectivity index (χ0) is 19.8. The zero-order valence-corrected chi connectivity index (χ0v) is 15.1. The van der Waals surface area contributed by atoms with Crippen LogP contribution in [0.5, 0.6) is 0 Å². The number of rotatable bonds is 7. The molecule has 7 nitrogen and oxygen atoms in total. The summed E-state index contributed by atoms with van der Waals surface area (Å²) in [5.41, 5.74) is 1.50. The highest BCUT2D eigenvalue weighted by molar-refractivity contribution is 6.10. The fraction of sp³-hybridized carbons (Fsp3) is 0.200. The summed E-state index contributed by atoms with van der Waals surface area (Å²) in [7, 11) is 0. The minimum atomic E-state index is -0.565. The molecule has 0 fully saturated rings. The van der Waals surface area contributed by atoms with Gasteiger partial charge >= 0.3 is 5.97 Å². The first kappa shape index (κ1) is 19.8. The van der Waals surface area contributed by atoms with Gasteiger partial charge in [0.25, 0.3) is 0 Å². The number of anilines is 2. The Morgan fingerprint density at radius 1 is 0.889 bits per heavy atom. The maximum Gasteiger partial charge on any atom is 0.340 e. The number of para-hydroxylation sites is 1. The molecule has 0 aliphatic carbocycles. The summed E-state index contributed by atoms with van der Waals surface area (Å²) in [6.45, 7) is 3.35. The fourth-order valence-corrected chi connectivity index (χ4v) is 2.31. The van der Waals surface area contributed by atoms with Crippen molar-refractivity contribution in [1.29, 1.82) is 0 Å². The van der Waals surface area contributed by atoms with Gasteiger partial charge in [-0.2, -0.15) is 0 Å². The first-order valence-corrected chi connectivity index (χ1v) is 8.37. The van der Waals surface area contributed by atoms with Gasteiger partial charge in [0.05, 0.1) is 17.9 Å². The summed E-state index contributed by atoms with van der Waals surface area (Å²) in [4.78, 5) is 47.3. The summed E-state index contributed by atoms with van der Waals surface area (Å²) >= 11 is 0. The van der Waals surface area contributed by atoms with Gasteiger partial charge in [-0.05, 0) is 50.2 Å². The van der Waals surface area contributed by atoms with Crippen LogP contribution in [-0.2, 0) is 14.3 Å². The molecule has 2 aromatic rings. The second-order valence-corrected chi connectivity index (χ2v) is 5.67. The molecule has 0 aromatic heterocycles. The smallest absolute Gasteiger partial charge is 0.340 e. The minimum absolute atomic E-state index is 0.0764. The van der Waals surface area contributed by atoms with Crippen molar-refractivity contribution >= 4 is 34.9 Å². The van der Waals surface area contributed by atoms with Gasteiger partial charge in [0.1, 0.15) is 6.42 Å². The van der Waals surface area contributed by atoms with E-state index in [1.54, 1.807) is 49.4 Å². The number of carbonyl (C=O) groups is 4. The minimum Gasteiger partial charge on any atom is -0.462 e. The molecular formula is C20H20N2O5. The Hall–Kier alpha value is -3.48. The van der Waals surface area contributed by atoms with Crippen LogP contribution in [0.3, 0.4) is 0 Å². The quantitative estimate of drug-likeness (QED) is 0.444. The molecule has 0 aliphatic rings. The Morgan fingerprint density at radius 2 is 1.52 bits per heavy atom. The zero-order valence-electron chi connectivity index (χ0n) is 15.1. The molecule has 0 heterocycles. The lowest BCUT2D eigenvalue weighted by atomic mass is 10.1. The molecule has 0 saturated heterocycles. The topological polar surface area (TPSA) is 102 Å². The Balaban J connectivity index is 1.96. The predicted octanol–water partition coefficient (Wildman–Crippen LogP) is 3.03. The lowest BCUT2D eigenvalue weighted by Crippen LogP contribution is -2.22. The van der Waals surface area contributed by atoms with Gasteiger partial charge in [0.15, 0.2) is 5.78 Å². The lowest BCUT2D eigenvalue weighted by Gasteiger charge is -2.10. The van der Waals surface area contributed by atoms with Crippen LogP contribution in [-0.4, -0.2) is 30.2 Å². The van der Waals surface area contributed by atoms with Crippen LogP contribution in [0.4, 0.5) is 11.4 Å². The summed E-state index contributed by atoms with van der Waals surface area (Å²) in [5, 5.41) is 5.13. The number of Topliss-reactive ketones (excluding diaryl/α,β-unsaturated/α-hetero) is 1. The maximum absolute atomic E-state index is 12.1. The molecule has 2 amide bonds. The summed E-state index contributed by atoms with van der Waals surface area (Å²) in [6, 6.07) is 12.8. The molecule has 2 aromatic carbocycles. The monoisotopic (exact) mass is 368 g/mol. The number of nitrogens with one attached hydrogen (secondary N) is 2. The molecule has 7 heteroatoms. The molecule has 0 radical (unpaired) electrons. The number of ketones is 1. The average molecular weight is 368 g/mol. The van der Waals surface area contributed by atoms with Crippen LogP contribution < -0.4 is 10.6 Å². The molecule has 2 N–H and O–H groups in total. The van der Waals surface area contributed by atoms with Gasteiger partial charge in [-0.15, -0.1) is 0 Å². The van der Waals surface area contributed by atoms with Gasteiger partial charge in [-0.25, -0.2) is 4.79 Å². The molecule has 140 valence electrons. The van der Waals surface area contributed by atoms with E-state index in [9.17, 15) is 19.2 Å². The molecule has 27 heavy (non-hydrogen) atoms. The van der Waals surface area contributed by atoms with E-state index in [1.807, 2.05) is 0 Å². The average Bonchev–Trinajstić information content (AvgIpc) is 2.62. The number of hydrogen-bond donors (Lipinski definition) is 2. The van der Waals surface area contributed by atoms with Gasteiger partial charge in [0.2, 0.25) is 11.8 Å². The first-order chi connectivity index (χ1) is 12.9. The molecule has 0 spiro atoms. The summed E-state index contributed by atoms with van der Waals surface area (Å²) in [5.74, 6) is -1.71. The van der Waals surface area contributed by atoms with Crippen molar-refractivity contribution in [3.05, 3.63) is 59.7 Å². The molecule has 0 bridgehead atoms. The molecular weight excluding hydrogens is 348 g/mol.